The lowest BCUT2D eigenvalue weighted by molar-refractivity contribution is -0.123. The summed E-state index contributed by atoms with van der Waals surface area (Å²) < 4.78 is 26.0. The van der Waals surface area contributed by atoms with Gasteiger partial charge in [0.1, 0.15) is 45.7 Å². The number of benzene rings is 2. The Hall–Kier alpha value is -3.95. The molecule has 2 aromatic carbocycles. The Balaban J connectivity index is 1.37. The molecule has 8 nitrogen and oxygen atoms in total. The van der Waals surface area contributed by atoms with Crippen LogP contribution >= 0.6 is 23.2 Å². The van der Waals surface area contributed by atoms with Crippen molar-refractivity contribution in [3.63, 3.8) is 0 Å². The number of halogens is 3. The van der Waals surface area contributed by atoms with Gasteiger partial charge in [0.25, 0.3) is 5.91 Å². The van der Waals surface area contributed by atoms with Crippen LogP contribution in [0.25, 0.3) is 22.2 Å². The predicted octanol–water partition coefficient (Wildman–Crippen LogP) is 6.12. The third-order valence-electron chi connectivity index (χ3n) is 8.39. The Labute approximate surface area is 257 Å². The number of methoxy groups -OCH3 is 1. The van der Waals surface area contributed by atoms with Crippen molar-refractivity contribution in [2.24, 2.45) is 11.7 Å². The van der Waals surface area contributed by atoms with Crippen LogP contribution in [0, 0.1) is 18.7 Å². The van der Waals surface area contributed by atoms with Crippen molar-refractivity contribution in [1.82, 2.24) is 15.3 Å². The topological polar surface area (TPSA) is 116 Å². The maximum Gasteiger partial charge on any atom is 0.251 e. The second-order valence-corrected chi connectivity index (χ2v) is 12.1. The van der Waals surface area contributed by atoms with Gasteiger partial charge in [-0.2, -0.15) is 0 Å². The van der Waals surface area contributed by atoms with Crippen molar-refractivity contribution < 1.29 is 23.5 Å². The Bertz CT molecular complexity index is 1810. The second kappa shape index (κ2) is 11.0. The molecule has 11 heteroatoms. The van der Waals surface area contributed by atoms with Crippen molar-refractivity contribution >= 4 is 45.9 Å². The number of fused-ring (bicyclic) bond motifs is 2. The molecule has 0 unspecified atom stereocenters. The maximum atomic E-state index is 14.5. The van der Waals surface area contributed by atoms with Crippen LogP contribution in [0.2, 0.25) is 10.2 Å². The SMILES string of the molecule is COc1cc(C(=O)NC[C@H](c2cc3c(c(-c4cccc(F)c4Cl)n2)OC[C@]3(C)C(N)=O)C2CC2)cc2cc(C)c(Cl)nc12. The van der Waals surface area contributed by atoms with Crippen LogP contribution in [-0.2, 0) is 10.2 Å². The maximum absolute atomic E-state index is 14.5. The quantitative estimate of drug-likeness (QED) is 0.229. The van der Waals surface area contributed by atoms with Crippen molar-refractivity contribution in [3.05, 3.63) is 80.8 Å². The van der Waals surface area contributed by atoms with Crippen molar-refractivity contribution in [3.8, 4) is 22.8 Å². The summed E-state index contributed by atoms with van der Waals surface area (Å²) in [4.78, 5) is 35.4. The van der Waals surface area contributed by atoms with Gasteiger partial charge in [0.2, 0.25) is 5.91 Å². The fourth-order valence-corrected chi connectivity index (χ4v) is 5.96. The summed E-state index contributed by atoms with van der Waals surface area (Å²) in [5, 5.41) is 4.06. The first-order valence-electron chi connectivity index (χ1n) is 13.9. The number of hydrogen-bond acceptors (Lipinski definition) is 6. The number of carbonyl (C=O) groups is 2. The normalized spacial score (nSPS) is 18.2. The number of pyridine rings is 2. The highest BCUT2D eigenvalue weighted by Crippen LogP contribution is 2.49. The number of nitrogens with one attached hydrogen (secondary N) is 1. The van der Waals surface area contributed by atoms with E-state index in [1.54, 1.807) is 31.2 Å². The lowest BCUT2D eigenvalue weighted by Gasteiger charge is -2.22. The fraction of sp³-hybridized carbons (Fsp3) is 0.312. The van der Waals surface area contributed by atoms with Gasteiger partial charge in [-0.25, -0.2) is 14.4 Å². The molecule has 2 amide bonds. The molecule has 2 atom stereocenters. The van der Waals surface area contributed by atoms with Crippen LogP contribution in [0.5, 0.6) is 11.5 Å². The van der Waals surface area contributed by atoms with Gasteiger partial charge >= 0.3 is 0 Å². The molecule has 2 aromatic heterocycles. The van der Waals surface area contributed by atoms with E-state index in [0.717, 1.165) is 23.8 Å². The van der Waals surface area contributed by atoms with Gasteiger partial charge in [-0.1, -0.05) is 35.3 Å². The molecule has 0 radical (unpaired) electrons. The molecule has 2 aliphatic rings. The minimum atomic E-state index is -1.12. The first kappa shape index (κ1) is 29.1. The average Bonchev–Trinajstić information content (AvgIpc) is 3.76. The number of ether oxygens (including phenoxy) is 2. The highest BCUT2D eigenvalue weighted by Gasteiger charge is 2.45. The second-order valence-electron chi connectivity index (χ2n) is 11.4. The molecule has 4 aromatic rings. The van der Waals surface area contributed by atoms with Gasteiger partial charge in [-0.05, 0) is 68.5 Å². The molecular weight excluding hydrogens is 594 g/mol. The van der Waals surface area contributed by atoms with Gasteiger partial charge in [0, 0.05) is 40.2 Å². The Morgan fingerprint density at radius 1 is 1.21 bits per heavy atom. The number of amides is 2. The summed E-state index contributed by atoms with van der Waals surface area (Å²) in [6.45, 7) is 3.86. The first-order valence-corrected chi connectivity index (χ1v) is 14.6. The molecule has 222 valence electrons. The first-order chi connectivity index (χ1) is 20.5. The summed E-state index contributed by atoms with van der Waals surface area (Å²) in [6, 6.07) is 11.5. The lowest BCUT2D eigenvalue weighted by Crippen LogP contribution is -2.40. The Morgan fingerprint density at radius 3 is 2.67 bits per heavy atom. The number of nitrogens with two attached hydrogens (primary N) is 1. The Morgan fingerprint density at radius 2 is 1.98 bits per heavy atom. The largest absolute Gasteiger partial charge is 0.494 e. The van der Waals surface area contributed by atoms with E-state index < -0.39 is 17.1 Å². The number of nitrogens with zero attached hydrogens (tertiary/aromatic N) is 2. The van der Waals surface area contributed by atoms with Gasteiger partial charge in [-0.15, -0.1) is 0 Å². The standard InChI is InChI=1S/C32H29Cl2FN4O4/c1-15-9-17-10-18(11-24(42-3)26(17)39-29(15)34)30(40)37-13-20(16-7-8-16)23-12-21-28(43-14-32(21,2)31(36)41)27(38-23)19-5-4-6-22(35)25(19)33/h4-6,9-12,16,20H,7-8,13-14H2,1-3H3,(H2,36,41)(H,37,40)/t20-,32-/m0/s1. The van der Waals surface area contributed by atoms with E-state index in [0.29, 0.717) is 50.2 Å². The van der Waals surface area contributed by atoms with Crippen LogP contribution < -0.4 is 20.5 Å². The number of aryl methyl sites for hydroxylation is 1. The van der Waals surface area contributed by atoms with Crippen molar-refractivity contribution in [2.75, 3.05) is 20.3 Å². The molecule has 43 heavy (non-hydrogen) atoms. The average molecular weight is 624 g/mol. The van der Waals surface area contributed by atoms with Crippen molar-refractivity contribution in [2.45, 2.75) is 38.0 Å². The van der Waals surface area contributed by atoms with Gasteiger partial charge in [0.05, 0.1) is 12.1 Å². The molecule has 1 fully saturated rings. The molecule has 6 rings (SSSR count). The third kappa shape index (κ3) is 5.14. The third-order valence-corrected chi connectivity index (χ3v) is 9.16. The molecule has 1 saturated carbocycles. The van der Waals surface area contributed by atoms with E-state index in [4.69, 9.17) is 43.4 Å². The van der Waals surface area contributed by atoms with E-state index in [9.17, 15) is 14.0 Å². The lowest BCUT2D eigenvalue weighted by atomic mass is 9.82. The highest BCUT2D eigenvalue weighted by atomic mass is 35.5. The number of primary amides is 1. The highest BCUT2D eigenvalue weighted by molar-refractivity contribution is 6.33. The molecule has 3 N–H and O–H groups in total. The zero-order valence-corrected chi connectivity index (χ0v) is 25.3. The smallest absolute Gasteiger partial charge is 0.251 e. The van der Waals surface area contributed by atoms with E-state index in [-0.39, 0.29) is 35.9 Å². The number of carbonyl (C=O) groups excluding carboxylic acids is 2. The minimum Gasteiger partial charge on any atom is -0.494 e. The van der Waals surface area contributed by atoms with E-state index in [2.05, 4.69) is 10.3 Å². The molecule has 0 spiro atoms. The van der Waals surface area contributed by atoms with E-state index in [1.807, 2.05) is 19.1 Å². The zero-order valence-electron chi connectivity index (χ0n) is 23.8. The predicted molar refractivity (Wildman–Crippen MR) is 163 cm³/mol. The van der Waals surface area contributed by atoms with Gasteiger partial charge < -0.3 is 20.5 Å². The van der Waals surface area contributed by atoms with Gasteiger partial charge in [-0.3, -0.25) is 9.59 Å². The van der Waals surface area contributed by atoms with Crippen LogP contribution in [0.3, 0.4) is 0 Å². The molecular formula is C32H29Cl2FN4O4. The van der Waals surface area contributed by atoms with E-state index >= 15 is 0 Å². The summed E-state index contributed by atoms with van der Waals surface area (Å²) >= 11 is 12.6. The van der Waals surface area contributed by atoms with Crippen molar-refractivity contribution in [1.29, 1.82) is 0 Å². The van der Waals surface area contributed by atoms with Crippen LogP contribution in [0.1, 0.15) is 52.9 Å². The number of aromatic nitrogens is 2. The monoisotopic (exact) mass is 622 g/mol. The van der Waals surface area contributed by atoms with Crippen LogP contribution in [-0.4, -0.2) is 42.0 Å². The van der Waals surface area contributed by atoms with Crippen LogP contribution in [0.15, 0.2) is 42.5 Å². The molecule has 1 aliphatic heterocycles. The molecule has 3 heterocycles. The minimum absolute atomic E-state index is 0.0247. The molecule has 1 aliphatic carbocycles. The molecule has 0 bridgehead atoms. The number of rotatable bonds is 8. The number of hydrogen-bond donors (Lipinski definition) is 2. The summed E-state index contributed by atoms with van der Waals surface area (Å²) in [5.41, 5.74) is 8.36. The van der Waals surface area contributed by atoms with Crippen LogP contribution in [0.4, 0.5) is 4.39 Å². The fourth-order valence-electron chi connectivity index (χ4n) is 5.61. The van der Waals surface area contributed by atoms with E-state index in [1.165, 1.54) is 13.2 Å². The van der Waals surface area contributed by atoms with Gasteiger partial charge in [0.15, 0.2) is 0 Å². The summed E-state index contributed by atoms with van der Waals surface area (Å²) in [6.07, 6.45) is 1.91. The Kier molecular flexibility index (Phi) is 7.42. The summed E-state index contributed by atoms with van der Waals surface area (Å²) in [7, 11) is 1.51. The summed E-state index contributed by atoms with van der Waals surface area (Å²) in [5.74, 6) is -0.591. The molecule has 0 saturated heterocycles. The zero-order chi connectivity index (χ0) is 30.6.